The summed E-state index contributed by atoms with van der Waals surface area (Å²) in [5.41, 5.74) is 3.99. The van der Waals surface area contributed by atoms with E-state index < -0.39 is 0 Å². The van der Waals surface area contributed by atoms with Crippen molar-refractivity contribution in [3.05, 3.63) is 90.3 Å². The SMILES string of the molecule is CCCC1C=CCN1C(=O)c1cccc(-c2cnn(Cc3ccccc3)c2)c1. The van der Waals surface area contributed by atoms with Crippen molar-refractivity contribution in [2.24, 2.45) is 0 Å². The molecule has 3 aromatic rings. The van der Waals surface area contributed by atoms with Crippen LogP contribution in [-0.2, 0) is 6.54 Å². The molecule has 0 aliphatic carbocycles. The highest BCUT2D eigenvalue weighted by atomic mass is 16.2. The predicted octanol–water partition coefficient (Wildman–Crippen LogP) is 4.78. The van der Waals surface area contributed by atoms with Crippen molar-refractivity contribution < 1.29 is 4.79 Å². The molecule has 0 saturated carbocycles. The lowest BCUT2D eigenvalue weighted by molar-refractivity contribution is 0.0744. The number of carbonyl (C=O) groups is 1. The summed E-state index contributed by atoms with van der Waals surface area (Å²) in [6, 6.07) is 18.4. The van der Waals surface area contributed by atoms with Crippen LogP contribution in [0, 0.1) is 0 Å². The maximum atomic E-state index is 13.0. The molecule has 2 heterocycles. The van der Waals surface area contributed by atoms with E-state index in [0.717, 1.165) is 36.1 Å². The molecule has 1 aliphatic heterocycles. The van der Waals surface area contributed by atoms with Crippen molar-refractivity contribution in [3.8, 4) is 11.1 Å². The predicted molar refractivity (Wildman–Crippen MR) is 112 cm³/mol. The molecule has 142 valence electrons. The summed E-state index contributed by atoms with van der Waals surface area (Å²) >= 11 is 0. The molecule has 28 heavy (non-hydrogen) atoms. The Bertz CT molecular complexity index is 974. The average molecular weight is 371 g/mol. The average Bonchev–Trinajstić information content (AvgIpc) is 3.38. The van der Waals surface area contributed by atoms with Gasteiger partial charge in [-0.05, 0) is 29.7 Å². The van der Waals surface area contributed by atoms with Crippen molar-refractivity contribution in [2.45, 2.75) is 32.4 Å². The van der Waals surface area contributed by atoms with Crippen LogP contribution in [0.15, 0.2) is 79.1 Å². The van der Waals surface area contributed by atoms with Crippen LogP contribution in [0.5, 0.6) is 0 Å². The lowest BCUT2D eigenvalue weighted by Gasteiger charge is -2.24. The third-order valence-corrected chi connectivity index (χ3v) is 5.17. The van der Waals surface area contributed by atoms with Crippen molar-refractivity contribution >= 4 is 5.91 Å². The van der Waals surface area contributed by atoms with Gasteiger partial charge in [0.15, 0.2) is 0 Å². The lowest BCUT2D eigenvalue weighted by atomic mass is 10.0. The van der Waals surface area contributed by atoms with E-state index in [2.05, 4.69) is 36.3 Å². The summed E-state index contributed by atoms with van der Waals surface area (Å²) < 4.78 is 1.93. The molecule has 1 atom stereocenters. The smallest absolute Gasteiger partial charge is 0.254 e. The van der Waals surface area contributed by atoms with E-state index in [0.29, 0.717) is 6.54 Å². The number of aromatic nitrogens is 2. The normalized spacial score (nSPS) is 15.9. The summed E-state index contributed by atoms with van der Waals surface area (Å²) in [6.07, 6.45) is 10.2. The highest BCUT2D eigenvalue weighted by molar-refractivity contribution is 5.96. The van der Waals surface area contributed by atoms with Crippen LogP contribution < -0.4 is 0 Å². The molecular formula is C24H25N3O. The van der Waals surface area contributed by atoms with Gasteiger partial charge in [0.25, 0.3) is 5.91 Å². The fraction of sp³-hybridized carbons (Fsp3) is 0.250. The van der Waals surface area contributed by atoms with Crippen molar-refractivity contribution in [2.75, 3.05) is 6.54 Å². The summed E-state index contributed by atoms with van der Waals surface area (Å²) in [5, 5.41) is 4.49. The molecule has 1 aromatic heterocycles. The monoisotopic (exact) mass is 371 g/mol. The van der Waals surface area contributed by atoms with E-state index in [1.54, 1.807) is 0 Å². The number of carbonyl (C=O) groups excluding carboxylic acids is 1. The van der Waals surface area contributed by atoms with Crippen LogP contribution in [0.25, 0.3) is 11.1 Å². The minimum Gasteiger partial charge on any atom is -0.328 e. The summed E-state index contributed by atoms with van der Waals surface area (Å²) in [6.45, 7) is 3.59. The maximum absolute atomic E-state index is 13.0. The molecule has 4 nitrogen and oxygen atoms in total. The van der Waals surface area contributed by atoms with Crippen LogP contribution >= 0.6 is 0 Å². The van der Waals surface area contributed by atoms with Gasteiger partial charge in [-0.15, -0.1) is 0 Å². The largest absolute Gasteiger partial charge is 0.328 e. The number of hydrogen-bond donors (Lipinski definition) is 0. The molecule has 4 heteroatoms. The minimum atomic E-state index is 0.0991. The number of hydrogen-bond acceptors (Lipinski definition) is 2. The fourth-order valence-electron chi connectivity index (χ4n) is 3.72. The van der Waals surface area contributed by atoms with Gasteiger partial charge in [-0.3, -0.25) is 9.48 Å². The Morgan fingerprint density at radius 2 is 1.96 bits per heavy atom. The molecule has 4 rings (SSSR count). The van der Waals surface area contributed by atoms with Gasteiger partial charge in [-0.2, -0.15) is 5.10 Å². The first-order valence-electron chi connectivity index (χ1n) is 9.89. The molecule has 1 aliphatic rings. The number of amides is 1. The van der Waals surface area contributed by atoms with E-state index in [1.807, 2.05) is 64.4 Å². The first-order valence-corrected chi connectivity index (χ1v) is 9.89. The van der Waals surface area contributed by atoms with Gasteiger partial charge in [0.05, 0.1) is 18.8 Å². The minimum absolute atomic E-state index is 0.0991. The molecule has 1 unspecified atom stereocenters. The topological polar surface area (TPSA) is 38.1 Å². The van der Waals surface area contributed by atoms with E-state index in [4.69, 9.17) is 0 Å². The molecule has 0 spiro atoms. The van der Waals surface area contributed by atoms with E-state index in [9.17, 15) is 4.79 Å². The lowest BCUT2D eigenvalue weighted by Crippen LogP contribution is -2.35. The molecule has 0 N–H and O–H groups in total. The molecule has 0 radical (unpaired) electrons. The third kappa shape index (κ3) is 3.91. The van der Waals surface area contributed by atoms with Gasteiger partial charge in [0.1, 0.15) is 0 Å². The van der Waals surface area contributed by atoms with Crippen molar-refractivity contribution in [3.63, 3.8) is 0 Å². The van der Waals surface area contributed by atoms with Crippen LogP contribution in [0.1, 0.15) is 35.7 Å². The Labute approximate surface area is 166 Å². The van der Waals surface area contributed by atoms with Gasteiger partial charge >= 0.3 is 0 Å². The highest BCUT2D eigenvalue weighted by Gasteiger charge is 2.25. The first kappa shape index (κ1) is 18.2. The fourth-order valence-corrected chi connectivity index (χ4v) is 3.72. The Hall–Kier alpha value is -3.14. The standard InChI is InChI=1S/C24H25N3O/c1-2-8-23-13-7-14-27(23)24(28)21-12-6-11-20(15-21)22-16-25-26(18-22)17-19-9-4-3-5-10-19/h3-7,9-13,15-16,18,23H,2,8,14,17H2,1H3. The van der Waals surface area contributed by atoms with Gasteiger partial charge in [-0.1, -0.05) is 68.0 Å². The summed E-state index contributed by atoms with van der Waals surface area (Å²) in [4.78, 5) is 15.0. The zero-order valence-electron chi connectivity index (χ0n) is 16.2. The third-order valence-electron chi connectivity index (χ3n) is 5.17. The Morgan fingerprint density at radius 3 is 2.79 bits per heavy atom. The van der Waals surface area contributed by atoms with Crippen LogP contribution in [-0.4, -0.2) is 33.2 Å². The molecular weight excluding hydrogens is 346 g/mol. The summed E-state index contributed by atoms with van der Waals surface area (Å²) in [5.74, 6) is 0.0991. The molecule has 0 saturated heterocycles. The Kier molecular flexibility index (Phi) is 5.38. The molecule has 2 aromatic carbocycles. The molecule has 0 bridgehead atoms. The van der Waals surface area contributed by atoms with E-state index in [-0.39, 0.29) is 11.9 Å². The van der Waals surface area contributed by atoms with E-state index >= 15 is 0 Å². The van der Waals surface area contributed by atoms with Crippen LogP contribution in [0.4, 0.5) is 0 Å². The maximum Gasteiger partial charge on any atom is 0.254 e. The van der Waals surface area contributed by atoms with Gasteiger partial charge in [0.2, 0.25) is 0 Å². The van der Waals surface area contributed by atoms with E-state index in [1.165, 1.54) is 5.56 Å². The number of benzene rings is 2. The zero-order valence-corrected chi connectivity index (χ0v) is 16.2. The zero-order chi connectivity index (χ0) is 19.3. The second-order valence-electron chi connectivity index (χ2n) is 7.23. The van der Waals surface area contributed by atoms with Crippen LogP contribution in [0.3, 0.4) is 0 Å². The Morgan fingerprint density at radius 1 is 1.11 bits per heavy atom. The highest BCUT2D eigenvalue weighted by Crippen LogP contribution is 2.23. The Balaban J connectivity index is 1.52. The second kappa shape index (κ2) is 8.26. The van der Waals surface area contributed by atoms with Crippen LogP contribution in [0.2, 0.25) is 0 Å². The number of nitrogens with zero attached hydrogens (tertiary/aromatic N) is 3. The first-order chi connectivity index (χ1) is 13.7. The van der Waals surface area contributed by atoms with Gasteiger partial charge < -0.3 is 4.90 Å². The quantitative estimate of drug-likeness (QED) is 0.585. The molecule has 1 amide bonds. The van der Waals surface area contributed by atoms with Crippen molar-refractivity contribution in [1.29, 1.82) is 0 Å². The van der Waals surface area contributed by atoms with Gasteiger partial charge in [-0.25, -0.2) is 0 Å². The second-order valence-corrected chi connectivity index (χ2v) is 7.23. The van der Waals surface area contributed by atoms with Gasteiger partial charge in [0, 0.05) is 23.9 Å². The van der Waals surface area contributed by atoms with Crippen molar-refractivity contribution in [1.82, 2.24) is 14.7 Å². The molecule has 0 fully saturated rings. The number of rotatable bonds is 6. The summed E-state index contributed by atoms with van der Waals surface area (Å²) in [7, 11) is 0.